The number of carbonyl (C=O) groups excluding carboxylic acids is 1. The third-order valence-corrected chi connectivity index (χ3v) is 3.29. The van der Waals surface area contributed by atoms with Crippen LogP contribution in [0.1, 0.15) is 29.9 Å². The maximum atomic E-state index is 11.0. The van der Waals surface area contributed by atoms with Crippen molar-refractivity contribution in [3.8, 4) is 11.5 Å². The van der Waals surface area contributed by atoms with Gasteiger partial charge < -0.3 is 15.2 Å². The summed E-state index contributed by atoms with van der Waals surface area (Å²) in [5.41, 5.74) is 7.66. The van der Waals surface area contributed by atoms with Crippen LogP contribution in [0.15, 0.2) is 12.1 Å². The van der Waals surface area contributed by atoms with Crippen LogP contribution in [0.3, 0.4) is 0 Å². The summed E-state index contributed by atoms with van der Waals surface area (Å²) in [5.74, 6) is 1.42. The number of carbonyl (C=O) groups is 1. The molecule has 4 nitrogen and oxygen atoms in total. The summed E-state index contributed by atoms with van der Waals surface area (Å²) in [6.07, 6.45) is 2.34. The van der Waals surface area contributed by atoms with Crippen molar-refractivity contribution in [1.82, 2.24) is 0 Å². The molecule has 1 aromatic carbocycles. The number of amides is 1. The largest absolute Gasteiger partial charge is 0.493 e. The number of fused-ring (bicyclic) bond motifs is 1. The summed E-state index contributed by atoms with van der Waals surface area (Å²) in [6, 6.07) is 3.96. The number of nitrogens with two attached hydrogens (primary N) is 1. The molecule has 1 atom stereocenters. The van der Waals surface area contributed by atoms with Gasteiger partial charge in [-0.05, 0) is 42.0 Å². The van der Waals surface area contributed by atoms with Crippen LogP contribution >= 0.6 is 0 Å². The van der Waals surface area contributed by atoms with Gasteiger partial charge in [-0.25, -0.2) is 0 Å². The van der Waals surface area contributed by atoms with Crippen LogP contribution in [0.25, 0.3) is 0 Å². The van der Waals surface area contributed by atoms with E-state index in [1.165, 1.54) is 11.1 Å². The van der Waals surface area contributed by atoms with Crippen LogP contribution in [-0.4, -0.2) is 20.1 Å². The highest BCUT2D eigenvalue weighted by atomic mass is 16.5. The minimum absolute atomic E-state index is 0.224. The van der Waals surface area contributed by atoms with Gasteiger partial charge in [-0.3, -0.25) is 4.79 Å². The standard InChI is InChI=1S/C13H17NO3/c1-16-11-5-8-3-4-9(6-13(14)15)10(8)7-12(11)17-2/h5,7,9H,3-4,6H2,1-2H3,(H2,14,15). The predicted octanol–water partition coefficient (Wildman–Crippen LogP) is 1.61. The zero-order valence-corrected chi connectivity index (χ0v) is 10.2. The smallest absolute Gasteiger partial charge is 0.218 e. The number of rotatable bonds is 4. The summed E-state index contributed by atoms with van der Waals surface area (Å²) in [4.78, 5) is 11.0. The maximum Gasteiger partial charge on any atom is 0.218 e. The second-order valence-corrected chi connectivity index (χ2v) is 4.31. The lowest BCUT2D eigenvalue weighted by molar-refractivity contribution is -0.118. The Hall–Kier alpha value is -1.71. The van der Waals surface area contributed by atoms with Gasteiger partial charge in [0.1, 0.15) is 0 Å². The minimum atomic E-state index is -0.252. The molecule has 0 radical (unpaired) electrons. The molecule has 1 amide bonds. The first kappa shape index (κ1) is 11.8. The number of hydrogen-bond donors (Lipinski definition) is 1. The SMILES string of the molecule is COc1cc2c(cc1OC)C(CC(N)=O)CC2. The van der Waals surface area contributed by atoms with Gasteiger partial charge in [0.05, 0.1) is 14.2 Å². The highest BCUT2D eigenvalue weighted by Gasteiger charge is 2.26. The third-order valence-electron chi connectivity index (χ3n) is 3.29. The molecule has 0 aliphatic heterocycles. The van der Waals surface area contributed by atoms with Crippen molar-refractivity contribution in [2.45, 2.75) is 25.2 Å². The summed E-state index contributed by atoms with van der Waals surface area (Å²) in [6.45, 7) is 0. The summed E-state index contributed by atoms with van der Waals surface area (Å²) in [7, 11) is 3.24. The number of methoxy groups -OCH3 is 2. The molecule has 1 unspecified atom stereocenters. The molecule has 0 bridgehead atoms. The van der Waals surface area contributed by atoms with E-state index in [9.17, 15) is 4.79 Å². The quantitative estimate of drug-likeness (QED) is 0.862. The van der Waals surface area contributed by atoms with Crippen molar-refractivity contribution < 1.29 is 14.3 Å². The van der Waals surface area contributed by atoms with Crippen molar-refractivity contribution in [1.29, 1.82) is 0 Å². The van der Waals surface area contributed by atoms with E-state index in [0.29, 0.717) is 12.2 Å². The highest BCUT2D eigenvalue weighted by molar-refractivity contribution is 5.75. The van der Waals surface area contributed by atoms with Crippen LogP contribution in [-0.2, 0) is 11.2 Å². The Kier molecular flexibility index (Phi) is 3.22. The molecule has 1 aromatic rings. The van der Waals surface area contributed by atoms with Gasteiger partial charge in [-0.1, -0.05) is 0 Å². The van der Waals surface area contributed by atoms with E-state index >= 15 is 0 Å². The molecule has 2 rings (SSSR count). The fourth-order valence-corrected chi connectivity index (χ4v) is 2.47. The topological polar surface area (TPSA) is 61.6 Å². The molecule has 0 saturated heterocycles. The molecule has 1 aliphatic carbocycles. The molecular weight excluding hydrogens is 218 g/mol. The van der Waals surface area contributed by atoms with Gasteiger partial charge in [0, 0.05) is 6.42 Å². The Morgan fingerprint density at radius 1 is 1.35 bits per heavy atom. The summed E-state index contributed by atoms with van der Waals surface area (Å²) in [5, 5.41) is 0. The predicted molar refractivity (Wildman–Crippen MR) is 64.4 cm³/mol. The van der Waals surface area contributed by atoms with Crippen molar-refractivity contribution in [3.63, 3.8) is 0 Å². The van der Waals surface area contributed by atoms with E-state index in [4.69, 9.17) is 15.2 Å². The molecule has 0 aromatic heterocycles. The molecule has 4 heteroatoms. The van der Waals surface area contributed by atoms with Gasteiger partial charge in [-0.2, -0.15) is 0 Å². The second-order valence-electron chi connectivity index (χ2n) is 4.31. The lowest BCUT2D eigenvalue weighted by atomic mass is 9.97. The van der Waals surface area contributed by atoms with Crippen LogP contribution in [0, 0.1) is 0 Å². The Balaban J connectivity index is 2.35. The van der Waals surface area contributed by atoms with E-state index in [-0.39, 0.29) is 11.8 Å². The Morgan fingerprint density at radius 3 is 2.59 bits per heavy atom. The first-order valence-corrected chi connectivity index (χ1v) is 5.68. The average molecular weight is 235 g/mol. The molecular formula is C13H17NO3. The molecule has 92 valence electrons. The maximum absolute atomic E-state index is 11.0. The normalized spacial score (nSPS) is 17.6. The van der Waals surface area contributed by atoms with Crippen LogP contribution in [0.2, 0.25) is 0 Å². The summed E-state index contributed by atoms with van der Waals surface area (Å²) >= 11 is 0. The molecule has 17 heavy (non-hydrogen) atoms. The number of aryl methyl sites for hydroxylation is 1. The number of benzene rings is 1. The third kappa shape index (κ3) is 2.20. The van der Waals surface area contributed by atoms with Crippen molar-refractivity contribution in [3.05, 3.63) is 23.3 Å². The lowest BCUT2D eigenvalue weighted by Gasteiger charge is -2.13. The van der Waals surface area contributed by atoms with Crippen molar-refractivity contribution in [2.24, 2.45) is 5.73 Å². The zero-order chi connectivity index (χ0) is 12.4. The lowest BCUT2D eigenvalue weighted by Crippen LogP contribution is -2.14. The first-order chi connectivity index (χ1) is 8.15. The van der Waals surface area contributed by atoms with E-state index in [1.54, 1.807) is 14.2 Å². The van der Waals surface area contributed by atoms with Gasteiger partial charge in [-0.15, -0.1) is 0 Å². The van der Waals surface area contributed by atoms with Gasteiger partial charge >= 0.3 is 0 Å². The Labute approximate surface area is 101 Å². The minimum Gasteiger partial charge on any atom is -0.493 e. The fraction of sp³-hybridized carbons (Fsp3) is 0.462. The highest BCUT2D eigenvalue weighted by Crippen LogP contribution is 2.41. The number of hydrogen-bond acceptors (Lipinski definition) is 3. The van der Waals surface area contributed by atoms with Crippen molar-refractivity contribution >= 4 is 5.91 Å². The molecule has 1 aliphatic rings. The van der Waals surface area contributed by atoms with Gasteiger partial charge in [0.2, 0.25) is 5.91 Å². The Bertz CT molecular complexity index is 443. The van der Waals surface area contributed by atoms with Gasteiger partial charge in [0.15, 0.2) is 11.5 Å². The van der Waals surface area contributed by atoms with Crippen molar-refractivity contribution in [2.75, 3.05) is 14.2 Å². The molecule has 0 spiro atoms. The second kappa shape index (κ2) is 4.65. The molecule has 2 N–H and O–H groups in total. The molecule has 0 fully saturated rings. The molecule has 0 heterocycles. The van der Waals surface area contributed by atoms with E-state index in [1.807, 2.05) is 12.1 Å². The van der Waals surface area contributed by atoms with Crippen LogP contribution in [0.4, 0.5) is 0 Å². The van der Waals surface area contributed by atoms with E-state index < -0.39 is 0 Å². The van der Waals surface area contributed by atoms with Crippen LogP contribution < -0.4 is 15.2 Å². The average Bonchev–Trinajstić information content (AvgIpc) is 2.69. The van der Waals surface area contributed by atoms with Gasteiger partial charge in [0.25, 0.3) is 0 Å². The first-order valence-electron chi connectivity index (χ1n) is 5.68. The van der Waals surface area contributed by atoms with Crippen LogP contribution in [0.5, 0.6) is 11.5 Å². The van der Waals surface area contributed by atoms with E-state index in [0.717, 1.165) is 18.6 Å². The van der Waals surface area contributed by atoms with E-state index in [2.05, 4.69) is 0 Å². The zero-order valence-electron chi connectivity index (χ0n) is 10.2. The number of primary amides is 1. The Morgan fingerprint density at radius 2 is 2.00 bits per heavy atom. The summed E-state index contributed by atoms with van der Waals surface area (Å²) < 4.78 is 10.5. The fourth-order valence-electron chi connectivity index (χ4n) is 2.47. The molecule has 0 saturated carbocycles. The number of ether oxygens (including phenoxy) is 2. The monoisotopic (exact) mass is 235 g/mol.